The number of aliphatic hydroxyl groups is 1. The maximum atomic E-state index is 13.3. The van der Waals surface area contributed by atoms with E-state index in [2.05, 4.69) is 63.3 Å². The largest absolute Gasteiger partial charge is 0.388 e. The van der Waals surface area contributed by atoms with Gasteiger partial charge in [0.1, 0.15) is 11.7 Å². The second-order valence-corrected chi connectivity index (χ2v) is 12.2. The van der Waals surface area contributed by atoms with Gasteiger partial charge >= 0.3 is 0 Å². The van der Waals surface area contributed by atoms with E-state index >= 15 is 0 Å². The molecule has 2 aliphatic heterocycles. The molecule has 1 saturated carbocycles. The Morgan fingerprint density at radius 1 is 0.905 bits per heavy atom. The standard InChI is InChI=1S/C32H37N7O3/c1-35-16-18-36(19-17-35)26-8-4-23(5-9-26)24-6-10-27(11-7-24)39-29-28(20-34-39)31(41)38(22-33-29)21-32(42)12-14-37(15-13-32)30(40)25-2-3-25/h4-11,20,22,25,42H,2-3,12-19,21H2,1H3. The fraction of sp³-hybridized carbons (Fsp3) is 0.438. The third-order valence-electron chi connectivity index (χ3n) is 9.13. The summed E-state index contributed by atoms with van der Waals surface area (Å²) >= 11 is 0. The lowest BCUT2D eigenvalue weighted by molar-refractivity contribution is -0.137. The molecule has 4 heterocycles. The lowest BCUT2D eigenvalue weighted by Gasteiger charge is -2.38. The predicted molar refractivity (Wildman–Crippen MR) is 162 cm³/mol. The van der Waals surface area contributed by atoms with E-state index in [1.807, 2.05) is 17.0 Å². The van der Waals surface area contributed by atoms with Gasteiger partial charge in [-0.25, -0.2) is 9.67 Å². The number of hydrogen-bond donors (Lipinski definition) is 1. The molecule has 1 aliphatic carbocycles. The molecule has 1 N–H and O–H groups in total. The number of fused-ring (bicyclic) bond motifs is 1. The Bertz CT molecular complexity index is 1640. The van der Waals surface area contributed by atoms with E-state index < -0.39 is 5.60 Å². The molecule has 42 heavy (non-hydrogen) atoms. The first-order valence-electron chi connectivity index (χ1n) is 15.0. The number of amides is 1. The van der Waals surface area contributed by atoms with E-state index in [1.54, 1.807) is 10.9 Å². The summed E-state index contributed by atoms with van der Waals surface area (Å²) in [6, 6.07) is 16.8. The summed E-state index contributed by atoms with van der Waals surface area (Å²) in [4.78, 5) is 36.9. The number of likely N-dealkylation sites (tertiary alicyclic amines) is 1. The van der Waals surface area contributed by atoms with Crippen molar-refractivity contribution in [3.8, 4) is 16.8 Å². The highest BCUT2D eigenvalue weighted by atomic mass is 16.3. The van der Waals surface area contributed by atoms with Crippen LogP contribution in [0.5, 0.6) is 0 Å². The lowest BCUT2D eigenvalue weighted by atomic mass is 9.91. The number of carbonyl (C=O) groups is 1. The van der Waals surface area contributed by atoms with Crippen molar-refractivity contribution in [2.45, 2.75) is 37.8 Å². The van der Waals surface area contributed by atoms with Crippen LogP contribution in [0.25, 0.3) is 27.8 Å². The van der Waals surface area contributed by atoms with Crippen molar-refractivity contribution in [3.05, 3.63) is 71.4 Å². The second kappa shape index (κ2) is 10.7. The third kappa shape index (κ3) is 5.20. The molecule has 0 atom stereocenters. The minimum atomic E-state index is -1.05. The Kier molecular flexibility index (Phi) is 6.82. The number of benzene rings is 2. The number of carbonyl (C=O) groups excluding carboxylic acids is 1. The molecule has 2 aromatic carbocycles. The predicted octanol–water partition coefficient (Wildman–Crippen LogP) is 2.76. The molecule has 10 nitrogen and oxygen atoms in total. The van der Waals surface area contributed by atoms with Gasteiger partial charge in [0.25, 0.3) is 5.56 Å². The Morgan fingerprint density at radius 3 is 2.14 bits per heavy atom. The van der Waals surface area contributed by atoms with Gasteiger partial charge in [0.15, 0.2) is 5.65 Å². The molecule has 3 aliphatic rings. The number of hydrogen-bond acceptors (Lipinski definition) is 7. The van der Waals surface area contributed by atoms with Gasteiger partial charge in [-0.3, -0.25) is 14.2 Å². The molecule has 4 aromatic rings. The molecular weight excluding hydrogens is 530 g/mol. The summed E-state index contributed by atoms with van der Waals surface area (Å²) in [6.45, 7) is 5.44. The highest BCUT2D eigenvalue weighted by molar-refractivity contribution is 5.81. The summed E-state index contributed by atoms with van der Waals surface area (Å²) in [5.41, 5.74) is 3.53. The normalized spacial score (nSPS) is 19.4. The van der Waals surface area contributed by atoms with Crippen molar-refractivity contribution in [2.75, 3.05) is 51.2 Å². The number of rotatable bonds is 6. The second-order valence-electron chi connectivity index (χ2n) is 12.2. The first kappa shape index (κ1) is 26.9. The molecule has 0 spiro atoms. The number of piperidine rings is 1. The molecule has 3 fully saturated rings. The Morgan fingerprint density at radius 2 is 1.52 bits per heavy atom. The zero-order chi connectivity index (χ0) is 28.8. The van der Waals surface area contributed by atoms with Gasteiger partial charge < -0.3 is 19.8 Å². The summed E-state index contributed by atoms with van der Waals surface area (Å²) < 4.78 is 3.15. The highest BCUT2D eigenvalue weighted by Gasteiger charge is 2.39. The van der Waals surface area contributed by atoms with Crippen molar-refractivity contribution >= 4 is 22.6 Å². The third-order valence-corrected chi connectivity index (χ3v) is 9.13. The molecule has 2 saturated heterocycles. The Balaban J connectivity index is 1.05. The fourth-order valence-electron chi connectivity index (χ4n) is 6.18. The van der Waals surface area contributed by atoms with Crippen LogP contribution in [0, 0.1) is 5.92 Å². The Labute approximate surface area is 244 Å². The van der Waals surface area contributed by atoms with Crippen LogP contribution in [0.3, 0.4) is 0 Å². The monoisotopic (exact) mass is 567 g/mol. The molecular formula is C32H37N7O3. The maximum absolute atomic E-state index is 13.3. The van der Waals surface area contributed by atoms with E-state index in [9.17, 15) is 14.7 Å². The molecule has 2 aromatic heterocycles. The fourth-order valence-corrected chi connectivity index (χ4v) is 6.18. The van der Waals surface area contributed by atoms with Gasteiger partial charge in [-0.2, -0.15) is 5.10 Å². The lowest BCUT2D eigenvalue weighted by Crippen LogP contribution is -2.50. The molecule has 0 radical (unpaired) electrons. The van der Waals surface area contributed by atoms with Crippen LogP contribution in [0.1, 0.15) is 25.7 Å². The van der Waals surface area contributed by atoms with Gasteiger partial charge in [0.05, 0.1) is 24.0 Å². The number of anilines is 1. The summed E-state index contributed by atoms with van der Waals surface area (Å²) in [5.74, 6) is 0.383. The average Bonchev–Trinajstić information content (AvgIpc) is 3.78. The van der Waals surface area contributed by atoms with E-state index in [-0.39, 0.29) is 23.9 Å². The van der Waals surface area contributed by atoms with Gasteiger partial charge in [0.2, 0.25) is 5.91 Å². The number of aromatic nitrogens is 4. The van der Waals surface area contributed by atoms with Crippen molar-refractivity contribution in [2.24, 2.45) is 5.92 Å². The molecule has 1 amide bonds. The van der Waals surface area contributed by atoms with Crippen LogP contribution in [0.15, 0.2) is 65.8 Å². The van der Waals surface area contributed by atoms with Crippen LogP contribution in [-0.4, -0.2) is 92.1 Å². The Hall–Kier alpha value is -4.02. The van der Waals surface area contributed by atoms with E-state index in [4.69, 9.17) is 0 Å². The van der Waals surface area contributed by atoms with Crippen LogP contribution in [-0.2, 0) is 11.3 Å². The average molecular weight is 568 g/mol. The van der Waals surface area contributed by atoms with E-state index in [0.29, 0.717) is 37.0 Å². The molecule has 0 bridgehead atoms. The molecule has 10 heteroatoms. The summed E-state index contributed by atoms with van der Waals surface area (Å²) in [7, 11) is 2.17. The van der Waals surface area contributed by atoms with Crippen LogP contribution in [0.4, 0.5) is 5.69 Å². The molecule has 218 valence electrons. The maximum Gasteiger partial charge on any atom is 0.264 e. The SMILES string of the molecule is CN1CCN(c2ccc(-c3ccc(-n4ncc5c(=O)n(CC6(O)CCN(C(=O)C7CC7)CC6)cnc54)cc3)cc2)CC1. The first-order chi connectivity index (χ1) is 20.4. The molecule has 7 rings (SSSR count). The van der Waals surface area contributed by atoms with Crippen molar-refractivity contribution in [1.82, 2.24) is 29.1 Å². The number of nitrogens with zero attached hydrogens (tertiary/aromatic N) is 7. The minimum absolute atomic E-state index is 0.147. The smallest absolute Gasteiger partial charge is 0.264 e. The number of likely N-dealkylation sites (N-methyl/N-ethyl adjacent to an activating group) is 1. The van der Waals surface area contributed by atoms with Crippen molar-refractivity contribution < 1.29 is 9.90 Å². The van der Waals surface area contributed by atoms with Gasteiger partial charge in [0, 0.05) is 50.9 Å². The van der Waals surface area contributed by atoms with Crippen LogP contribution in [0.2, 0.25) is 0 Å². The van der Waals surface area contributed by atoms with Crippen LogP contribution < -0.4 is 10.5 Å². The molecule has 0 unspecified atom stereocenters. The van der Waals surface area contributed by atoms with Crippen LogP contribution >= 0.6 is 0 Å². The summed E-state index contributed by atoms with van der Waals surface area (Å²) in [5, 5.41) is 16.1. The van der Waals surface area contributed by atoms with Gasteiger partial charge in [-0.1, -0.05) is 24.3 Å². The minimum Gasteiger partial charge on any atom is -0.388 e. The number of piperazine rings is 1. The quantitative estimate of drug-likeness (QED) is 0.383. The van der Waals surface area contributed by atoms with Gasteiger partial charge in [-0.15, -0.1) is 0 Å². The zero-order valence-corrected chi connectivity index (χ0v) is 24.0. The first-order valence-corrected chi connectivity index (χ1v) is 15.0. The van der Waals surface area contributed by atoms with Crippen molar-refractivity contribution in [1.29, 1.82) is 0 Å². The topological polar surface area (TPSA) is 99.7 Å². The summed E-state index contributed by atoms with van der Waals surface area (Å²) in [6.07, 6.45) is 5.89. The van der Waals surface area contributed by atoms with E-state index in [0.717, 1.165) is 55.8 Å². The van der Waals surface area contributed by atoms with Crippen molar-refractivity contribution in [3.63, 3.8) is 0 Å². The zero-order valence-electron chi connectivity index (χ0n) is 24.0. The highest BCUT2D eigenvalue weighted by Crippen LogP contribution is 2.33. The van der Waals surface area contributed by atoms with Gasteiger partial charge in [-0.05, 0) is 68.1 Å². The van der Waals surface area contributed by atoms with E-state index in [1.165, 1.54) is 16.6 Å².